The number of hydrogen-bond acceptors (Lipinski definition) is 3. The second-order valence-electron chi connectivity index (χ2n) is 7.74. The van der Waals surface area contributed by atoms with Gasteiger partial charge in [-0.05, 0) is 48.6 Å². The Labute approximate surface area is 162 Å². The molecule has 0 radical (unpaired) electrons. The van der Waals surface area contributed by atoms with Crippen LogP contribution in [0.2, 0.25) is 0 Å². The minimum atomic E-state index is 0.414. The summed E-state index contributed by atoms with van der Waals surface area (Å²) in [5, 5.41) is 7.94. The van der Waals surface area contributed by atoms with Crippen molar-refractivity contribution < 1.29 is 0 Å². The summed E-state index contributed by atoms with van der Waals surface area (Å²) in [5.74, 6) is 0.831. The Kier molecular flexibility index (Phi) is 5.98. The minimum absolute atomic E-state index is 0.414. The van der Waals surface area contributed by atoms with E-state index in [9.17, 15) is 0 Å². The van der Waals surface area contributed by atoms with Crippen molar-refractivity contribution in [3.63, 3.8) is 0 Å². The molecule has 1 heterocycles. The van der Waals surface area contributed by atoms with Gasteiger partial charge in [0, 0.05) is 29.6 Å². The number of fused-ring (bicyclic) bond motifs is 1. The number of benzene rings is 2. The minimum Gasteiger partial charge on any atom is -0.308 e. The smallest absolute Gasteiger partial charge is 0.0478 e. The first-order valence-electron chi connectivity index (χ1n) is 10.0. The topological polar surface area (TPSA) is 24.1 Å². The average molecular weight is 367 g/mol. The van der Waals surface area contributed by atoms with Gasteiger partial charge >= 0.3 is 0 Å². The molecule has 4 rings (SSSR count). The lowest BCUT2D eigenvalue weighted by Gasteiger charge is -2.45. The number of hydrogen-bond donors (Lipinski definition) is 2. The Morgan fingerprint density at radius 2 is 1.77 bits per heavy atom. The van der Waals surface area contributed by atoms with Crippen molar-refractivity contribution >= 4 is 11.8 Å². The van der Waals surface area contributed by atoms with Crippen LogP contribution >= 0.6 is 11.8 Å². The van der Waals surface area contributed by atoms with Crippen LogP contribution in [0.25, 0.3) is 0 Å². The Morgan fingerprint density at radius 1 is 1.00 bits per heavy atom. The Morgan fingerprint density at radius 3 is 2.62 bits per heavy atom. The van der Waals surface area contributed by atoms with Crippen LogP contribution in [0, 0.1) is 5.92 Å². The molecule has 2 fully saturated rings. The molecule has 1 aliphatic heterocycles. The van der Waals surface area contributed by atoms with Gasteiger partial charge in [0.1, 0.15) is 0 Å². The lowest BCUT2D eigenvalue weighted by atomic mass is 9.74. The second-order valence-corrected chi connectivity index (χ2v) is 8.59. The lowest BCUT2D eigenvalue weighted by molar-refractivity contribution is 0.140. The first kappa shape index (κ1) is 18.1. The SMILES string of the molecule is CSc1ccccc1CNC1CC2CCCCC2NC1c1ccccc1. The van der Waals surface area contributed by atoms with E-state index in [1.807, 2.05) is 11.8 Å². The van der Waals surface area contributed by atoms with E-state index in [2.05, 4.69) is 71.5 Å². The Balaban J connectivity index is 1.52. The third-order valence-electron chi connectivity index (χ3n) is 6.17. The summed E-state index contributed by atoms with van der Waals surface area (Å²) >= 11 is 1.84. The molecule has 0 aromatic heterocycles. The van der Waals surface area contributed by atoms with Gasteiger partial charge < -0.3 is 10.6 Å². The zero-order valence-corrected chi connectivity index (χ0v) is 16.5. The van der Waals surface area contributed by atoms with E-state index in [4.69, 9.17) is 0 Å². The summed E-state index contributed by atoms with van der Waals surface area (Å²) in [7, 11) is 0. The molecule has 26 heavy (non-hydrogen) atoms. The van der Waals surface area contributed by atoms with Crippen LogP contribution in [0.5, 0.6) is 0 Å². The van der Waals surface area contributed by atoms with Gasteiger partial charge in [0.25, 0.3) is 0 Å². The van der Waals surface area contributed by atoms with E-state index in [1.165, 1.54) is 48.1 Å². The standard InChI is InChI=1S/C23H30N2S/c1-26-22-14-8-6-12-19(22)16-24-21-15-18-11-5-7-13-20(18)25-23(21)17-9-3-2-4-10-17/h2-4,6,8-10,12,14,18,20-21,23-25H,5,7,11,13,15-16H2,1H3. The molecule has 2 aromatic rings. The molecular weight excluding hydrogens is 336 g/mol. The van der Waals surface area contributed by atoms with Crippen LogP contribution in [0.1, 0.15) is 49.3 Å². The fraction of sp³-hybridized carbons (Fsp3) is 0.478. The number of thioether (sulfide) groups is 1. The van der Waals surface area contributed by atoms with Crippen molar-refractivity contribution in [2.75, 3.05) is 6.26 Å². The maximum absolute atomic E-state index is 4.02. The largest absolute Gasteiger partial charge is 0.308 e. The average Bonchev–Trinajstić information content (AvgIpc) is 2.72. The Hall–Kier alpha value is -1.29. The maximum Gasteiger partial charge on any atom is 0.0478 e. The van der Waals surface area contributed by atoms with Gasteiger partial charge in [-0.3, -0.25) is 0 Å². The van der Waals surface area contributed by atoms with Gasteiger partial charge in [-0.2, -0.15) is 0 Å². The van der Waals surface area contributed by atoms with Gasteiger partial charge in [0.2, 0.25) is 0 Å². The van der Waals surface area contributed by atoms with Crippen LogP contribution in [-0.4, -0.2) is 18.3 Å². The summed E-state index contributed by atoms with van der Waals surface area (Å²) < 4.78 is 0. The fourth-order valence-corrected chi connectivity index (χ4v) is 5.42. The van der Waals surface area contributed by atoms with E-state index in [-0.39, 0.29) is 0 Å². The first-order chi connectivity index (χ1) is 12.8. The fourth-order valence-electron chi connectivity index (χ4n) is 4.80. The van der Waals surface area contributed by atoms with Crippen LogP contribution < -0.4 is 10.6 Å². The quantitative estimate of drug-likeness (QED) is 0.715. The highest BCUT2D eigenvalue weighted by atomic mass is 32.2. The van der Waals surface area contributed by atoms with Gasteiger partial charge in [0.15, 0.2) is 0 Å². The van der Waals surface area contributed by atoms with E-state index in [0.29, 0.717) is 18.1 Å². The van der Waals surface area contributed by atoms with E-state index in [0.717, 1.165) is 12.5 Å². The molecule has 0 spiro atoms. The molecule has 1 saturated carbocycles. The molecule has 0 amide bonds. The molecule has 1 aliphatic carbocycles. The molecule has 3 heteroatoms. The van der Waals surface area contributed by atoms with Gasteiger partial charge in [0.05, 0.1) is 0 Å². The predicted octanol–water partition coefficient (Wildman–Crippen LogP) is 5.16. The van der Waals surface area contributed by atoms with E-state index < -0.39 is 0 Å². The third kappa shape index (κ3) is 4.00. The molecule has 2 nitrogen and oxygen atoms in total. The molecule has 2 aromatic carbocycles. The molecule has 0 bridgehead atoms. The molecule has 2 N–H and O–H groups in total. The zero-order chi connectivity index (χ0) is 17.8. The maximum atomic E-state index is 4.02. The van der Waals surface area contributed by atoms with E-state index >= 15 is 0 Å². The summed E-state index contributed by atoms with van der Waals surface area (Å²) in [6.07, 6.45) is 8.98. The predicted molar refractivity (Wildman–Crippen MR) is 112 cm³/mol. The van der Waals surface area contributed by atoms with Gasteiger partial charge in [-0.1, -0.05) is 61.4 Å². The van der Waals surface area contributed by atoms with E-state index in [1.54, 1.807) is 0 Å². The van der Waals surface area contributed by atoms with Crippen molar-refractivity contribution in [2.24, 2.45) is 5.92 Å². The van der Waals surface area contributed by atoms with Crippen molar-refractivity contribution in [1.29, 1.82) is 0 Å². The highest BCUT2D eigenvalue weighted by Gasteiger charge is 2.38. The van der Waals surface area contributed by atoms with Crippen LogP contribution in [0.15, 0.2) is 59.5 Å². The molecule has 2 aliphatic rings. The van der Waals surface area contributed by atoms with Gasteiger partial charge in [-0.15, -0.1) is 11.8 Å². The van der Waals surface area contributed by atoms with Crippen molar-refractivity contribution in [2.45, 2.75) is 61.7 Å². The number of rotatable bonds is 5. The summed E-state index contributed by atoms with van der Waals surface area (Å²) in [6.45, 7) is 0.948. The third-order valence-corrected chi connectivity index (χ3v) is 7.01. The second kappa shape index (κ2) is 8.60. The highest BCUT2D eigenvalue weighted by molar-refractivity contribution is 7.98. The van der Waals surface area contributed by atoms with Crippen LogP contribution in [0.3, 0.4) is 0 Å². The molecule has 4 unspecified atom stereocenters. The lowest BCUT2D eigenvalue weighted by Crippen LogP contribution is -2.55. The number of piperidine rings is 1. The normalized spacial score (nSPS) is 28.5. The zero-order valence-electron chi connectivity index (χ0n) is 15.7. The Bertz CT molecular complexity index is 702. The number of nitrogens with one attached hydrogen (secondary N) is 2. The van der Waals surface area contributed by atoms with Crippen LogP contribution in [0.4, 0.5) is 0 Å². The summed E-state index contributed by atoms with van der Waals surface area (Å²) in [4.78, 5) is 1.38. The first-order valence-corrected chi connectivity index (χ1v) is 11.2. The van der Waals surface area contributed by atoms with Crippen molar-refractivity contribution in [3.05, 3.63) is 65.7 Å². The van der Waals surface area contributed by atoms with Crippen LogP contribution in [-0.2, 0) is 6.54 Å². The summed E-state index contributed by atoms with van der Waals surface area (Å²) in [6, 6.07) is 21.4. The molecule has 4 atom stereocenters. The molecular formula is C23H30N2S. The monoisotopic (exact) mass is 366 g/mol. The molecule has 1 saturated heterocycles. The van der Waals surface area contributed by atoms with Crippen molar-refractivity contribution in [3.8, 4) is 0 Å². The summed E-state index contributed by atoms with van der Waals surface area (Å²) in [5.41, 5.74) is 2.84. The molecule has 138 valence electrons. The van der Waals surface area contributed by atoms with Gasteiger partial charge in [-0.25, -0.2) is 0 Å². The highest BCUT2D eigenvalue weighted by Crippen LogP contribution is 2.37. The van der Waals surface area contributed by atoms with Crippen molar-refractivity contribution in [1.82, 2.24) is 10.6 Å².